The van der Waals surface area contributed by atoms with E-state index < -0.39 is 16.3 Å². The molecule has 0 unspecified atom stereocenters. The summed E-state index contributed by atoms with van der Waals surface area (Å²) < 4.78 is 62.9. The molecule has 0 saturated heterocycles. The fourth-order valence-electron chi connectivity index (χ4n) is 19.8. The molecule has 0 aliphatic rings. The third-order valence-corrected chi connectivity index (χ3v) is 30.8. The molecule has 0 heterocycles. The SMILES string of the molecule is CCc1c(-c2ccccc2)ccc(OC)c1-c1c(OC)ccc(-c2ccccc2)c1CC.COc1ccc(-c2ccccc2)c(C)c1-c1c(OC)ccc(-c2ccccc2)c1C.COc1ccc(-c2ccccc2)c(C)c1-c1c(OC)ccc(-c2ccccc2)c1C.COc1ccc(-c2ccccc2)c(OP(c2ccccc2)c2ccccc2)c1-c1c(OC)ccc(-c2ccccc2)c1OP(c1ccccc1)c1ccccc1. The second-order valence-electron chi connectivity index (χ2n) is 35.4. The van der Waals surface area contributed by atoms with E-state index in [0.717, 1.165) is 135 Å². The fourth-order valence-corrected chi connectivity index (χ4v) is 23.3. The van der Waals surface area contributed by atoms with Gasteiger partial charge in [0.15, 0.2) is 16.3 Å². The smallest absolute Gasteiger partial charge is 0.150 e. The van der Waals surface area contributed by atoms with Crippen molar-refractivity contribution in [2.75, 3.05) is 56.9 Å². The molecule has 20 aromatic carbocycles. The molecule has 0 spiro atoms. The van der Waals surface area contributed by atoms with Crippen molar-refractivity contribution in [1.82, 2.24) is 0 Å². The van der Waals surface area contributed by atoms with E-state index in [0.29, 0.717) is 23.0 Å². The van der Waals surface area contributed by atoms with Crippen molar-refractivity contribution in [3.8, 4) is 191 Å². The van der Waals surface area contributed by atoms with Crippen LogP contribution in [0.5, 0.6) is 57.5 Å². The van der Waals surface area contributed by atoms with Gasteiger partial charge in [-0.05, 0) is 212 Å². The highest BCUT2D eigenvalue weighted by Crippen LogP contribution is 2.60. The van der Waals surface area contributed by atoms with Gasteiger partial charge in [0.05, 0.1) is 68.0 Å². The van der Waals surface area contributed by atoms with E-state index in [-0.39, 0.29) is 0 Å². The Morgan fingerprint density at radius 1 is 0.155 bits per heavy atom. The standard InChI is InChI=1S/C50H40O4P2.C30H30O2.2C28H26O2/c1-51-45-35-33-43(37-21-9-3-10-22-37)49(53-55(39-25-13-5-14-26-39)40-27-15-6-16-28-40)47(45)48-46(52-2)36-34-44(38-23-11-4-12-24-38)50(48)54-56(41-29-17-7-18-30-41)42-31-19-8-20-32-42;1-5-23-25(21-13-9-7-10-14-21)17-19-27(31-3)29(23)30-24(6-2)26(18-20-28(30)32-4)22-15-11-8-12-16-22;2*1-19-23(21-11-7-5-8-12-21)15-17-25(29-3)27(19)28-20(2)24(16-18-26(28)30-4)22-13-9-6-10-14-22/h3-36H,1-2H3;7-20H,5-6H2,1-4H3;2*5-18H,1-4H3. The summed E-state index contributed by atoms with van der Waals surface area (Å²) in [5.41, 5.74) is 33.6. The minimum atomic E-state index is -1.35. The molecule has 0 atom stereocenters. The van der Waals surface area contributed by atoms with Crippen LogP contribution < -0.4 is 68.2 Å². The van der Waals surface area contributed by atoms with Crippen molar-refractivity contribution in [2.45, 2.75) is 54.4 Å². The minimum absolute atomic E-state index is 0.632. The Labute approximate surface area is 875 Å². The van der Waals surface area contributed by atoms with Crippen LogP contribution in [0.1, 0.15) is 47.2 Å². The van der Waals surface area contributed by atoms with Crippen LogP contribution in [0.3, 0.4) is 0 Å². The number of ether oxygens (including phenoxy) is 8. The van der Waals surface area contributed by atoms with Crippen molar-refractivity contribution in [3.63, 3.8) is 0 Å². The van der Waals surface area contributed by atoms with E-state index in [1.165, 1.54) is 100 Å². The monoisotopic (exact) mass is 1980 g/mol. The summed E-state index contributed by atoms with van der Waals surface area (Å²) in [6.45, 7) is 13.1. The fraction of sp³-hybridized carbons (Fsp3) is 0.118. The molecule has 0 N–H and O–H groups in total. The molecule has 0 aliphatic carbocycles. The molecule has 0 aliphatic heterocycles. The van der Waals surface area contributed by atoms with E-state index in [1.807, 2.05) is 72.8 Å². The quantitative estimate of drug-likeness (QED) is 0.0405. The lowest BCUT2D eigenvalue weighted by atomic mass is 9.84. The first kappa shape index (κ1) is 103. The molecule has 20 aromatic rings. The average Bonchev–Trinajstić information content (AvgIpc) is 0.734. The zero-order chi connectivity index (χ0) is 103. The molecule has 0 saturated carbocycles. The van der Waals surface area contributed by atoms with Crippen LogP contribution in [-0.2, 0) is 12.8 Å². The Morgan fingerprint density at radius 3 is 0.486 bits per heavy atom. The summed E-state index contributed by atoms with van der Waals surface area (Å²) in [4.78, 5) is 0. The molecule has 10 nitrogen and oxygen atoms in total. The maximum absolute atomic E-state index is 7.55. The van der Waals surface area contributed by atoms with Crippen molar-refractivity contribution < 1.29 is 46.9 Å². The maximum atomic E-state index is 7.55. The average molecular weight is 1980 g/mol. The summed E-state index contributed by atoms with van der Waals surface area (Å²) in [7, 11) is 11.1. The van der Waals surface area contributed by atoms with Crippen molar-refractivity contribution in [3.05, 3.63) is 494 Å². The highest BCUT2D eigenvalue weighted by molar-refractivity contribution is 7.69. The van der Waals surface area contributed by atoms with Gasteiger partial charge in [-0.25, -0.2) is 0 Å². The maximum Gasteiger partial charge on any atom is 0.150 e. The lowest BCUT2D eigenvalue weighted by molar-refractivity contribution is 0.407. The van der Waals surface area contributed by atoms with Crippen LogP contribution in [-0.4, -0.2) is 56.9 Å². The topological polar surface area (TPSA) is 92.3 Å². The van der Waals surface area contributed by atoms with Crippen LogP contribution in [0.25, 0.3) is 134 Å². The van der Waals surface area contributed by atoms with Gasteiger partial charge < -0.3 is 46.9 Å². The Bertz CT molecular complexity index is 7070. The highest BCUT2D eigenvalue weighted by Gasteiger charge is 2.34. The number of benzene rings is 20. The highest BCUT2D eigenvalue weighted by atomic mass is 31.1. The molecule has 0 radical (unpaired) electrons. The molecule has 0 fully saturated rings. The molecule has 12 heteroatoms. The number of hydrogen-bond donors (Lipinski definition) is 0. The summed E-state index contributed by atoms with van der Waals surface area (Å²) in [6, 6.07) is 159. The third kappa shape index (κ3) is 22.5. The van der Waals surface area contributed by atoms with Crippen molar-refractivity contribution in [1.29, 1.82) is 0 Å². The van der Waals surface area contributed by atoms with Gasteiger partial charge in [-0.15, -0.1) is 0 Å². The summed E-state index contributed by atoms with van der Waals surface area (Å²) in [5.74, 6) is 7.74. The van der Waals surface area contributed by atoms with Gasteiger partial charge in [0.2, 0.25) is 0 Å². The molecular formula is C136H122O10P2. The van der Waals surface area contributed by atoms with Crippen LogP contribution in [0.2, 0.25) is 0 Å². The van der Waals surface area contributed by atoms with Gasteiger partial charge in [0.25, 0.3) is 0 Å². The first-order valence-corrected chi connectivity index (χ1v) is 52.4. The minimum Gasteiger partial charge on any atom is -0.496 e. The van der Waals surface area contributed by atoms with E-state index >= 15 is 0 Å². The van der Waals surface area contributed by atoms with Gasteiger partial charge >= 0.3 is 0 Å². The van der Waals surface area contributed by atoms with Crippen LogP contribution >= 0.6 is 16.3 Å². The number of rotatable bonds is 30. The van der Waals surface area contributed by atoms with E-state index in [9.17, 15) is 0 Å². The Morgan fingerprint density at radius 2 is 0.304 bits per heavy atom. The van der Waals surface area contributed by atoms with Gasteiger partial charge in [0, 0.05) is 65.7 Å². The molecule has 0 amide bonds. The molecule has 736 valence electrons. The number of hydrogen-bond acceptors (Lipinski definition) is 10. The van der Waals surface area contributed by atoms with E-state index in [1.54, 1.807) is 56.9 Å². The Kier molecular flexibility index (Phi) is 34.5. The normalized spacial score (nSPS) is 10.8. The predicted octanol–water partition coefficient (Wildman–Crippen LogP) is 34.0. The van der Waals surface area contributed by atoms with Crippen LogP contribution in [0.4, 0.5) is 0 Å². The van der Waals surface area contributed by atoms with Crippen molar-refractivity contribution in [2.24, 2.45) is 0 Å². The largest absolute Gasteiger partial charge is 0.496 e. The first-order valence-electron chi connectivity index (χ1n) is 49.9. The van der Waals surface area contributed by atoms with Gasteiger partial charge in [-0.2, -0.15) is 0 Å². The second kappa shape index (κ2) is 49.7. The summed E-state index contributed by atoms with van der Waals surface area (Å²) >= 11 is 0. The van der Waals surface area contributed by atoms with Gasteiger partial charge in [-0.3, -0.25) is 0 Å². The predicted molar refractivity (Wildman–Crippen MR) is 621 cm³/mol. The molecule has 20 rings (SSSR count). The molecule has 0 aromatic heterocycles. The Hall–Kier alpha value is -16.7. The van der Waals surface area contributed by atoms with Crippen molar-refractivity contribution >= 4 is 37.5 Å². The summed E-state index contributed by atoms with van der Waals surface area (Å²) in [5, 5.41) is 4.33. The van der Waals surface area contributed by atoms with Crippen LogP contribution in [0.15, 0.2) is 461 Å². The first-order chi connectivity index (χ1) is 72.8. The van der Waals surface area contributed by atoms with Crippen LogP contribution in [0, 0.1) is 27.7 Å². The van der Waals surface area contributed by atoms with Gasteiger partial charge in [0.1, 0.15) is 57.5 Å². The third-order valence-electron chi connectivity index (χ3n) is 27.0. The molecule has 0 bridgehead atoms. The van der Waals surface area contributed by atoms with Gasteiger partial charge in [-0.1, -0.05) is 414 Å². The lowest BCUT2D eigenvalue weighted by Crippen LogP contribution is -2.17. The zero-order valence-electron chi connectivity index (χ0n) is 86.3. The second-order valence-corrected chi connectivity index (χ2v) is 39.0. The summed E-state index contributed by atoms with van der Waals surface area (Å²) in [6.07, 6.45) is 1.78. The van der Waals surface area contributed by atoms with E-state index in [2.05, 4.69) is 430 Å². The lowest BCUT2D eigenvalue weighted by Gasteiger charge is -2.28. The zero-order valence-corrected chi connectivity index (χ0v) is 88.1. The Balaban J connectivity index is 0.000000141. The van der Waals surface area contributed by atoms with E-state index in [4.69, 9.17) is 46.9 Å². The number of methoxy groups -OCH3 is 8. The molecular weight excluding hydrogens is 1860 g/mol. The molecule has 148 heavy (non-hydrogen) atoms.